The van der Waals surface area contributed by atoms with Crippen molar-refractivity contribution in [1.82, 2.24) is 9.80 Å². The monoisotopic (exact) mass is 419 g/mol. The molecule has 1 fully saturated rings. The molecule has 2 aromatic carbocycles. The molecule has 31 heavy (non-hydrogen) atoms. The van der Waals surface area contributed by atoms with Crippen LogP contribution in [0.15, 0.2) is 42.5 Å². The maximum atomic E-state index is 12.8. The molecule has 162 valence electrons. The lowest BCUT2D eigenvalue weighted by atomic mass is 9.95. The second kappa shape index (κ2) is 8.92. The molecule has 0 saturated carbocycles. The van der Waals surface area contributed by atoms with Gasteiger partial charge in [0.25, 0.3) is 5.91 Å². The number of nitrogens with zero attached hydrogens (tertiary/aromatic N) is 2. The molecule has 2 aromatic rings. The fraction of sp³-hybridized carbons (Fsp3) is 0.400. The number of benzene rings is 2. The molecule has 6 nitrogen and oxygen atoms in total. The van der Waals surface area contributed by atoms with E-state index in [1.807, 2.05) is 50.2 Å². The Balaban J connectivity index is 1.22. The van der Waals surface area contributed by atoms with E-state index in [1.165, 1.54) is 4.90 Å². The van der Waals surface area contributed by atoms with Crippen molar-refractivity contribution in [3.05, 3.63) is 64.7 Å². The minimum atomic E-state index is -0.369. The predicted molar refractivity (Wildman–Crippen MR) is 120 cm³/mol. The van der Waals surface area contributed by atoms with Gasteiger partial charge in [0.05, 0.1) is 0 Å². The van der Waals surface area contributed by atoms with Gasteiger partial charge in [-0.05, 0) is 61.1 Å². The topological polar surface area (TPSA) is 69.7 Å². The highest BCUT2D eigenvalue weighted by atomic mass is 16.2. The maximum Gasteiger partial charge on any atom is 0.327 e. The van der Waals surface area contributed by atoms with Crippen molar-refractivity contribution in [2.24, 2.45) is 0 Å². The highest BCUT2D eigenvalue weighted by Gasteiger charge is 2.46. The molecule has 0 radical (unpaired) electrons. The standard InChI is InChI=1S/C25H29N3O3/c1-17-12-18(2)14-21(13-17)26-23(29)10-4-3-7-11-27-24(30)22-15-19-8-5-6-9-20(19)16-28(22)25(27)31/h5-6,8-9,12-14,22H,3-4,7,10-11,15-16H2,1-2H3,(H,26,29)/t22-/m0/s1. The number of amides is 4. The molecule has 0 unspecified atom stereocenters. The third kappa shape index (κ3) is 4.63. The van der Waals surface area contributed by atoms with Gasteiger partial charge >= 0.3 is 6.03 Å². The lowest BCUT2D eigenvalue weighted by Gasteiger charge is -2.28. The van der Waals surface area contributed by atoms with E-state index in [-0.39, 0.29) is 23.9 Å². The largest absolute Gasteiger partial charge is 0.327 e. The van der Waals surface area contributed by atoms with Crippen LogP contribution in [0.25, 0.3) is 0 Å². The normalized spacial score (nSPS) is 17.5. The van der Waals surface area contributed by atoms with Crippen molar-refractivity contribution in [3.8, 4) is 0 Å². The molecular weight excluding hydrogens is 390 g/mol. The van der Waals surface area contributed by atoms with Crippen LogP contribution in [0, 0.1) is 13.8 Å². The average molecular weight is 420 g/mol. The molecule has 0 spiro atoms. The van der Waals surface area contributed by atoms with E-state index in [4.69, 9.17) is 0 Å². The van der Waals surface area contributed by atoms with E-state index in [9.17, 15) is 14.4 Å². The van der Waals surface area contributed by atoms with Gasteiger partial charge in [0.2, 0.25) is 5.91 Å². The van der Waals surface area contributed by atoms with Gasteiger partial charge in [-0.25, -0.2) is 4.79 Å². The molecule has 1 saturated heterocycles. The molecule has 1 atom stereocenters. The summed E-state index contributed by atoms with van der Waals surface area (Å²) in [4.78, 5) is 40.8. The summed E-state index contributed by atoms with van der Waals surface area (Å²) >= 11 is 0. The van der Waals surface area contributed by atoms with Gasteiger partial charge in [-0.1, -0.05) is 36.8 Å². The first-order valence-corrected chi connectivity index (χ1v) is 11.0. The molecular formula is C25H29N3O3. The fourth-order valence-electron chi connectivity index (χ4n) is 4.58. The average Bonchev–Trinajstić information content (AvgIpc) is 2.95. The molecule has 2 aliphatic heterocycles. The van der Waals surface area contributed by atoms with Crippen molar-refractivity contribution in [3.63, 3.8) is 0 Å². The van der Waals surface area contributed by atoms with Crippen molar-refractivity contribution >= 4 is 23.5 Å². The molecule has 0 aliphatic carbocycles. The number of rotatable bonds is 7. The number of nitrogens with one attached hydrogen (secondary N) is 1. The summed E-state index contributed by atoms with van der Waals surface area (Å²) < 4.78 is 0. The zero-order valence-electron chi connectivity index (χ0n) is 18.2. The molecule has 0 aromatic heterocycles. The minimum absolute atomic E-state index is 0.00628. The Labute approximate surface area is 183 Å². The van der Waals surface area contributed by atoms with Gasteiger partial charge in [-0.3, -0.25) is 14.5 Å². The molecule has 1 N–H and O–H groups in total. The minimum Gasteiger partial charge on any atom is -0.326 e. The zero-order valence-corrected chi connectivity index (χ0v) is 18.2. The lowest BCUT2D eigenvalue weighted by molar-refractivity contribution is -0.128. The summed E-state index contributed by atoms with van der Waals surface area (Å²) in [5, 5.41) is 2.95. The second-order valence-corrected chi connectivity index (χ2v) is 8.62. The van der Waals surface area contributed by atoms with E-state index in [0.717, 1.165) is 40.8 Å². The highest BCUT2D eigenvalue weighted by molar-refractivity contribution is 6.04. The summed E-state index contributed by atoms with van der Waals surface area (Å²) in [6.07, 6.45) is 3.25. The first-order valence-electron chi connectivity index (χ1n) is 11.0. The highest BCUT2D eigenvalue weighted by Crippen LogP contribution is 2.30. The van der Waals surface area contributed by atoms with Crippen LogP contribution in [-0.4, -0.2) is 40.2 Å². The Morgan fingerprint density at radius 2 is 1.71 bits per heavy atom. The van der Waals surface area contributed by atoms with Gasteiger partial charge in [0, 0.05) is 31.6 Å². The first-order chi connectivity index (χ1) is 14.9. The van der Waals surface area contributed by atoms with Crippen LogP contribution in [0.2, 0.25) is 0 Å². The van der Waals surface area contributed by atoms with Gasteiger partial charge in [-0.2, -0.15) is 0 Å². The SMILES string of the molecule is Cc1cc(C)cc(NC(=O)CCCCCN2C(=O)[C@@H]3Cc4ccccc4CN3C2=O)c1. The second-order valence-electron chi connectivity index (χ2n) is 8.62. The molecule has 2 heterocycles. The number of hydrogen-bond acceptors (Lipinski definition) is 3. The number of imide groups is 1. The number of urea groups is 1. The molecule has 0 bridgehead atoms. The fourth-order valence-corrected chi connectivity index (χ4v) is 4.58. The van der Waals surface area contributed by atoms with Crippen LogP contribution >= 0.6 is 0 Å². The smallest absolute Gasteiger partial charge is 0.326 e. The van der Waals surface area contributed by atoms with Gasteiger partial charge < -0.3 is 10.2 Å². The number of carbonyl (C=O) groups is 3. The Hall–Kier alpha value is -3.15. The van der Waals surface area contributed by atoms with Crippen molar-refractivity contribution in [2.45, 2.75) is 58.5 Å². The van der Waals surface area contributed by atoms with E-state index in [1.54, 1.807) is 4.90 Å². The Morgan fingerprint density at radius 1 is 1.00 bits per heavy atom. The van der Waals surface area contributed by atoms with Gasteiger partial charge in [0.15, 0.2) is 0 Å². The number of carbonyl (C=O) groups excluding carboxylic acids is 3. The lowest BCUT2D eigenvalue weighted by Crippen LogP contribution is -2.39. The summed E-state index contributed by atoms with van der Waals surface area (Å²) in [6.45, 7) is 4.93. The quantitative estimate of drug-likeness (QED) is 0.540. The van der Waals surface area contributed by atoms with Crippen LogP contribution in [0.1, 0.15) is 47.9 Å². The number of anilines is 1. The van der Waals surface area contributed by atoms with Crippen LogP contribution in [0.4, 0.5) is 10.5 Å². The Morgan fingerprint density at radius 3 is 2.45 bits per heavy atom. The molecule has 4 amide bonds. The molecule has 4 rings (SSSR count). The first kappa shape index (κ1) is 21.1. The third-order valence-corrected chi connectivity index (χ3v) is 6.07. The van der Waals surface area contributed by atoms with Crippen molar-refractivity contribution in [2.75, 3.05) is 11.9 Å². The van der Waals surface area contributed by atoms with Gasteiger partial charge in [0.1, 0.15) is 6.04 Å². The van der Waals surface area contributed by atoms with E-state index >= 15 is 0 Å². The van der Waals surface area contributed by atoms with E-state index < -0.39 is 0 Å². The number of unbranched alkanes of at least 4 members (excludes halogenated alkanes) is 2. The van der Waals surface area contributed by atoms with Crippen molar-refractivity contribution in [1.29, 1.82) is 0 Å². The van der Waals surface area contributed by atoms with Crippen molar-refractivity contribution < 1.29 is 14.4 Å². The van der Waals surface area contributed by atoms with Crippen LogP contribution in [0.3, 0.4) is 0 Å². The van der Waals surface area contributed by atoms with Crippen LogP contribution in [-0.2, 0) is 22.6 Å². The maximum absolute atomic E-state index is 12.8. The summed E-state index contributed by atoms with van der Waals surface area (Å²) in [6, 6.07) is 13.4. The van der Waals surface area contributed by atoms with Gasteiger partial charge in [-0.15, -0.1) is 0 Å². The summed E-state index contributed by atoms with van der Waals surface area (Å²) in [5.41, 5.74) is 5.34. The van der Waals surface area contributed by atoms with E-state index in [2.05, 4.69) is 11.4 Å². The zero-order chi connectivity index (χ0) is 22.0. The predicted octanol–water partition coefficient (Wildman–Crippen LogP) is 4.19. The Bertz CT molecular complexity index is 954. The number of hydrogen-bond donors (Lipinski definition) is 1. The summed E-state index contributed by atoms with van der Waals surface area (Å²) in [7, 11) is 0. The molecule has 2 aliphatic rings. The van der Waals surface area contributed by atoms with Crippen LogP contribution in [0.5, 0.6) is 0 Å². The number of fused-ring (bicyclic) bond motifs is 2. The third-order valence-electron chi connectivity index (χ3n) is 6.07. The molecule has 6 heteroatoms. The number of aryl methyl sites for hydroxylation is 2. The van der Waals surface area contributed by atoms with Crippen LogP contribution < -0.4 is 5.32 Å². The van der Waals surface area contributed by atoms with E-state index in [0.29, 0.717) is 32.4 Å². The Kier molecular flexibility index (Phi) is 6.07. The summed E-state index contributed by atoms with van der Waals surface area (Å²) in [5.74, 6) is -0.0970.